The van der Waals surface area contributed by atoms with Gasteiger partial charge in [0.05, 0.1) is 0 Å². The fraction of sp³-hybridized carbons (Fsp3) is 0.200. The zero-order valence-corrected chi connectivity index (χ0v) is 16.0. The second-order valence-corrected chi connectivity index (χ2v) is 10.9. The van der Waals surface area contributed by atoms with Crippen LogP contribution in [-0.4, -0.2) is 5.66 Å². The molecular formula is C25H21OP. The molecule has 1 saturated carbocycles. The molecule has 0 radical (unpaired) electrons. The van der Waals surface area contributed by atoms with Crippen molar-refractivity contribution in [1.82, 2.24) is 0 Å². The number of benzene rings is 3. The third-order valence-corrected chi connectivity index (χ3v) is 10.6. The van der Waals surface area contributed by atoms with E-state index in [-0.39, 0.29) is 5.66 Å². The van der Waals surface area contributed by atoms with Crippen LogP contribution >= 0.6 is 7.14 Å². The van der Waals surface area contributed by atoms with E-state index in [2.05, 4.69) is 84.9 Å². The molecule has 0 N–H and O–H groups in total. The summed E-state index contributed by atoms with van der Waals surface area (Å²) in [5.41, 5.74) is 5.32. The van der Waals surface area contributed by atoms with E-state index in [1.165, 1.54) is 28.7 Å². The van der Waals surface area contributed by atoms with Gasteiger partial charge in [-0.1, -0.05) is 84.9 Å². The van der Waals surface area contributed by atoms with Gasteiger partial charge in [0.25, 0.3) is 0 Å². The fourth-order valence-electron chi connectivity index (χ4n) is 5.78. The second-order valence-electron chi connectivity index (χ2n) is 8.02. The topological polar surface area (TPSA) is 17.1 Å². The molecule has 3 atom stereocenters. The van der Waals surface area contributed by atoms with Gasteiger partial charge in [0, 0.05) is 16.3 Å². The quantitative estimate of drug-likeness (QED) is 0.548. The molecule has 3 aromatic rings. The largest absolute Gasteiger partial charge is 0.313 e. The van der Waals surface area contributed by atoms with Crippen molar-refractivity contribution < 1.29 is 4.57 Å². The summed E-state index contributed by atoms with van der Waals surface area (Å²) in [5.74, 6) is 0.831. The Morgan fingerprint density at radius 2 is 1.30 bits per heavy atom. The lowest BCUT2D eigenvalue weighted by atomic mass is 9.92. The lowest BCUT2D eigenvalue weighted by Crippen LogP contribution is -2.26. The smallest absolute Gasteiger partial charge is 0.148 e. The number of fused-ring (bicyclic) bond motifs is 5. The molecule has 0 spiro atoms. The van der Waals surface area contributed by atoms with Crippen molar-refractivity contribution in [2.24, 2.45) is 11.8 Å². The molecule has 3 unspecified atom stereocenters. The van der Waals surface area contributed by atoms with Gasteiger partial charge >= 0.3 is 0 Å². The van der Waals surface area contributed by atoms with Gasteiger partial charge in [-0.25, -0.2) is 0 Å². The highest BCUT2D eigenvalue weighted by atomic mass is 31.2. The van der Waals surface area contributed by atoms with Crippen LogP contribution in [0.1, 0.15) is 18.4 Å². The minimum absolute atomic E-state index is 0.220. The summed E-state index contributed by atoms with van der Waals surface area (Å²) in [7, 11) is -2.66. The molecule has 132 valence electrons. The van der Waals surface area contributed by atoms with Gasteiger partial charge in [-0.15, -0.1) is 0 Å². The molecule has 3 aromatic carbocycles. The van der Waals surface area contributed by atoms with Crippen LogP contribution in [0.5, 0.6) is 0 Å². The van der Waals surface area contributed by atoms with Gasteiger partial charge in [0.15, 0.2) is 0 Å². The van der Waals surface area contributed by atoms with E-state index in [1.54, 1.807) is 0 Å². The van der Waals surface area contributed by atoms with Crippen molar-refractivity contribution in [2.75, 3.05) is 0 Å². The molecular weight excluding hydrogens is 347 g/mol. The van der Waals surface area contributed by atoms with Gasteiger partial charge in [0.1, 0.15) is 7.14 Å². The molecule has 0 saturated heterocycles. The standard InChI is InChI=1S/C25H21OP/c26-27(23-12-6-4-10-19(23)20-11-5-7-13-24(20)27)25-18-14-15-21(25)22(16-18)17-8-2-1-3-9-17/h1-13,16,18,21,25H,14-15H2. The highest BCUT2D eigenvalue weighted by Gasteiger charge is 2.55. The molecule has 2 bridgehead atoms. The third kappa shape index (κ3) is 1.98. The first-order valence-corrected chi connectivity index (χ1v) is 11.6. The number of hydrogen-bond donors (Lipinski definition) is 0. The van der Waals surface area contributed by atoms with Gasteiger partial charge < -0.3 is 4.57 Å². The highest BCUT2D eigenvalue weighted by Crippen LogP contribution is 2.68. The van der Waals surface area contributed by atoms with E-state index >= 15 is 0 Å². The van der Waals surface area contributed by atoms with Crippen LogP contribution in [0.4, 0.5) is 0 Å². The first kappa shape index (κ1) is 15.7. The van der Waals surface area contributed by atoms with E-state index in [4.69, 9.17) is 0 Å². The lowest BCUT2D eigenvalue weighted by molar-refractivity contribution is 0.562. The van der Waals surface area contributed by atoms with Gasteiger partial charge in [-0.3, -0.25) is 0 Å². The Kier molecular flexibility index (Phi) is 3.23. The van der Waals surface area contributed by atoms with Crippen LogP contribution in [0.15, 0.2) is 84.9 Å². The van der Waals surface area contributed by atoms with Gasteiger partial charge in [-0.05, 0) is 46.9 Å². The van der Waals surface area contributed by atoms with Crippen molar-refractivity contribution in [1.29, 1.82) is 0 Å². The predicted molar refractivity (Wildman–Crippen MR) is 113 cm³/mol. The van der Waals surface area contributed by atoms with Crippen LogP contribution in [0.2, 0.25) is 0 Å². The molecule has 0 aromatic heterocycles. The zero-order valence-electron chi connectivity index (χ0n) is 15.1. The maximum absolute atomic E-state index is 14.9. The normalized spacial score (nSPS) is 26.5. The third-order valence-electron chi connectivity index (χ3n) is 6.80. The van der Waals surface area contributed by atoms with Crippen molar-refractivity contribution in [2.45, 2.75) is 18.5 Å². The van der Waals surface area contributed by atoms with Crippen molar-refractivity contribution in [3.8, 4) is 11.1 Å². The Labute approximate surface area is 160 Å². The number of allylic oxidation sites excluding steroid dienone is 2. The number of rotatable bonds is 2. The summed E-state index contributed by atoms with van der Waals surface area (Å²) in [6, 6.07) is 27.5. The summed E-state index contributed by atoms with van der Waals surface area (Å²) in [5, 5.41) is 2.19. The summed E-state index contributed by atoms with van der Waals surface area (Å²) < 4.78 is 14.9. The SMILES string of the molecule is O=P1(C2C3C=C(c4ccccc4)C2CC3)c2ccccc2-c2ccccc21. The van der Waals surface area contributed by atoms with Crippen LogP contribution < -0.4 is 10.6 Å². The summed E-state index contributed by atoms with van der Waals surface area (Å²) in [6.07, 6.45) is 4.77. The maximum Gasteiger partial charge on any atom is 0.148 e. The fourth-order valence-corrected chi connectivity index (χ4v) is 10.00. The summed E-state index contributed by atoms with van der Waals surface area (Å²) in [4.78, 5) is 0. The minimum atomic E-state index is -2.66. The molecule has 2 aliphatic carbocycles. The first-order chi connectivity index (χ1) is 13.3. The monoisotopic (exact) mass is 368 g/mol. The molecule has 1 aliphatic heterocycles. The lowest BCUT2D eigenvalue weighted by Gasteiger charge is -2.27. The molecule has 3 aliphatic rings. The van der Waals surface area contributed by atoms with Crippen LogP contribution in [0, 0.1) is 11.8 Å². The van der Waals surface area contributed by atoms with Gasteiger partial charge in [-0.2, -0.15) is 0 Å². The molecule has 1 heterocycles. The first-order valence-electron chi connectivity index (χ1n) is 9.85. The molecule has 27 heavy (non-hydrogen) atoms. The Morgan fingerprint density at radius 3 is 1.96 bits per heavy atom. The summed E-state index contributed by atoms with van der Waals surface area (Å²) >= 11 is 0. The van der Waals surface area contributed by atoms with Crippen molar-refractivity contribution in [3.05, 3.63) is 90.5 Å². The molecule has 6 rings (SSSR count). The van der Waals surface area contributed by atoms with Crippen LogP contribution in [-0.2, 0) is 4.57 Å². The van der Waals surface area contributed by atoms with E-state index in [9.17, 15) is 4.57 Å². The van der Waals surface area contributed by atoms with Crippen molar-refractivity contribution in [3.63, 3.8) is 0 Å². The molecule has 1 fully saturated rings. The second kappa shape index (κ2) is 5.57. The summed E-state index contributed by atoms with van der Waals surface area (Å²) in [6.45, 7) is 0. The Hall–Kier alpha value is -2.37. The Morgan fingerprint density at radius 1 is 0.704 bits per heavy atom. The zero-order chi connectivity index (χ0) is 18.0. The predicted octanol–water partition coefficient (Wildman–Crippen LogP) is 5.47. The molecule has 1 nitrogen and oxygen atoms in total. The Balaban J connectivity index is 1.54. The van der Waals surface area contributed by atoms with E-state index in [0.29, 0.717) is 11.8 Å². The molecule has 0 amide bonds. The molecule has 2 heteroatoms. The average Bonchev–Trinajstić information content (AvgIpc) is 3.39. The average molecular weight is 368 g/mol. The van der Waals surface area contributed by atoms with Crippen LogP contribution in [0.25, 0.3) is 16.7 Å². The minimum Gasteiger partial charge on any atom is -0.313 e. The van der Waals surface area contributed by atoms with E-state index in [1.807, 2.05) is 0 Å². The van der Waals surface area contributed by atoms with Gasteiger partial charge in [0.2, 0.25) is 0 Å². The maximum atomic E-state index is 14.9. The van der Waals surface area contributed by atoms with E-state index < -0.39 is 7.14 Å². The highest BCUT2D eigenvalue weighted by molar-refractivity contribution is 7.80. The van der Waals surface area contributed by atoms with E-state index in [0.717, 1.165) is 17.0 Å². The Bertz CT molecular complexity index is 1080. The van der Waals surface area contributed by atoms with Crippen LogP contribution in [0.3, 0.4) is 0 Å². The van der Waals surface area contributed by atoms with Crippen molar-refractivity contribution >= 4 is 23.3 Å². The number of hydrogen-bond acceptors (Lipinski definition) is 1.